The van der Waals surface area contributed by atoms with E-state index in [0.29, 0.717) is 11.1 Å². The first-order valence-corrected chi connectivity index (χ1v) is 11.8. The highest BCUT2D eigenvalue weighted by atomic mass is 16.8. The normalized spacial score (nSPS) is 30.3. The van der Waals surface area contributed by atoms with E-state index >= 15 is 0 Å². The van der Waals surface area contributed by atoms with Crippen molar-refractivity contribution in [3.8, 4) is 11.5 Å². The summed E-state index contributed by atoms with van der Waals surface area (Å²) in [6, 6.07) is 4.23. The van der Waals surface area contributed by atoms with Gasteiger partial charge in [0.15, 0.2) is 17.8 Å². The van der Waals surface area contributed by atoms with Gasteiger partial charge in [-0.25, -0.2) is 4.79 Å². The minimum absolute atomic E-state index is 0.00894. The summed E-state index contributed by atoms with van der Waals surface area (Å²) in [7, 11) is 1.16. The molecule has 210 valence electrons. The van der Waals surface area contributed by atoms with Gasteiger partial charge in [-0.1, -0.05) is 12.1 Å². The SMILES string of the molecule is C/C=C1/[C@H](O[C@@H]2O[C@H](CO)[C@@H](O)[C@H](O)[C@H]2O)OC=C(C(=O)OC)[C@@H]1CC(=O)OCCc1ccc(O)c(O)c1. The summed E-state index contributed by atoms with van der Waals surface area (Å²) >= 11 is 0. The van der Waals surface area contributed by atoms with Crippen molar-refractivity contribution in [3.05, 3.63) is 47.2 Å². The molecule has 0 radical (unpaired) electrons. The monoisotopic (exact) mass is 540 g/mol. The zero-order valence-electron chi connectivity index (χ0n) is 20.8. The van der Waals surface area contributed by atoms with Crippen LogP contribution >= 0.6 is 0 Å². The number of benzene rings is 1. The fourth-order valence-corrected chi connectivity index (χ4v) is 4.16. The minimum atomic E-state index is -1.69. The number of hydrogen-bond acceptors (Lipinski definition) is 13. The summed E-state index contributed by atoms with van der Waals surface area (Å²) in [5.74, 6) is -2.89. The van der Waals surface area contributed by atoms with Crippen molar-refractivity contribution in [1.82, 2.24) is 0 Å². The lowest BCUT2D eigenvalue weighted by Crippen LogP contribution is -2.60. The van der Waals surface area contributed by atoms with E-state index in [4.69, 9.17) is 23.7 Å². The number of methoxy groups -OCH3 is 1. The van der Waals surface area contributed by atoms with Gasteiger partial charge in [0.05, 0.1) is 38.6 Å². The fraction of sp³-hybridized carbons (Fsp3) is 0.520. The van der Waals surface area contributed by atoms with Crippen molar-refractivity contribution < 1.29 is 63.9 Å². The average molecular weight is 541 g/mol. The Labute approximate surface area is 218 Å². The molecule has 1 aromatic carbocycles. The average Bonchev–Trinajstić information content (AvgIpc) is 2.90. The van der Waals surface area contributed by atoms with Crippen LogP contribution in [-0.4, -0.2) is 99.9 Å². The van der Waals surface area contributed by atoms with Gasteiger partial charge in [-0.3, -0.25) is 4.79 Å². The molecule has 6 N–H and O–H groups in total. The maximum absolute atomic E-state index is 12.7. The summed E-state index contributed by atoms with van der Waals surface area (Å²) in [6.45, 7) is 0.912. The van der Waals surface area contributed by atoms with Crippen molar-refractivity contribution >= 4 is 11.9 Å². The first-order valence-electron chi connectivity index (χ1n) is 11.8. The second-order valence-electron chi connectivity index (χ2n) is 8.71. The third kappa shape index (κ3) is 6.62. The van der Waals surface area contributed by atoms with Crippen LogP contribution in [0.5, 0.6) is 11.5 Å². The Morgan fingerprint density at radius 3 is 2.45 bits per heavy atom. The van der Waals surface area contributed by atoms with Crippen molar-refractivity contribution in [2.24, 2.45) is 5.92 Å². The molecule has 0 spiro atoms. The third-order valence-corrected chi connectivity index (χ3v) is 6.29. The molecular formula is C25H32O13. The van der Waals surface area contributed by atoms with Crippen molar-refractivity contribution in [1.29, 1.82) is 0 Å². The summed E-state index contributed by atoms with van der Waals surface area (Å²) < 4.78 is 26.7. The molecule has 0 amide bonds. The van der Waals surface area contributed by atoms with Crippen LogP contribution in [0.25, 0.3) is 0 Å². The lowest BCUT2D eigenvalue weighted by molar-refractivity contribution is -0.327. The smallest absolute Gasteiger partial charge is 0.337 e. The maximum Gasteiger partial charge on any atom is 0.337 e. The van der Waals surface area contributed by atoms with Crippen LogP contribution in [0.2, 0.25) is 0 Å². The quantitative estimate of drug-likeness (QED) is 0.131. The summed E-state index contributed by atoms with van der Waals surface area (Å²) in [5, 5.41) is 58.8. The topological polar surface area (TPSA) is 202 Å². The molecule has 0 bridgehead atoms. The predicted molar refractivity (Wildman–Crippen MR) is 126 cm³/mol. The number of aromatic hydroxyl groups is 2. The number of rotatable bonds is 9. The number of esters is 2. The fourth-order valence-electron chi connectivity index (χ4n) is 4.16. The molecule has 13 nitrogen and oxygen atoms in total. The van der Waals surface area contributed by atoms with Crippen LogP contribution in [-0.2, 0) is 39.7 Å². The first-order chi connectivity index (χ1) is 18.1. The zero-order valence-corrected chi connectivity index (χ0v) is 20.8. The second kappa shape index (κ2) is 13.0. The van der Waals surface area contributed by atoms with Gasteiger partial charge in [0.2, 0.25) is 6.29 Å². The van der Waals surface area contributed by atoms with Gasteiger partial charge in [0.25, 0.3) is 0 Å². The largest absolute Gasteiger partial charge is 0.504 e. The van der Waals surface area contributed by atoms with E-state index in [9.17, 15) is 40.2 Å². The molecular weight excluding hydrogens is 508 g/mol. The summed E-state index contributed by atoms with van der Waals surface area (Å²) in [5.41, 5.74) is 0.927. The molecule has 2 aliphatic rings. The van der Waals surface area contributed by atoms with Crippen LogP contribution in [0.1, 0.15) is 18.9 Å². The first kappa shape index (κ1) is 29.4. The van der Waals surface area contributed by atoms with Crippen LogP contribution < -0.4 is 0 Å². The summed E-state index contributed by atoms with van der Waals surface area (Å²) in [6.07, 6.45) is -6.39. The van der Waals surface area contributed by atoms with Crippen LogP contribution in [0.15, 0.2) is 41.7 Å². The molecule has 38 heavy (non-hydrogen) atoms. The number of phenols is 2. The van der Waals surface area contributed by atoms with Gasteiger partial charge < -0.3 is 54.3 Å². The maximum atomic E-state index is 12.7. The zero-order chi connectivity index (χ0) is 28.0. The minimum Gasteiger partial charge on any atom is -0.504 e. The lowest BCUT2D eigenvalue weighted by atomic mass is 9.86. The molecule has 0 unspecified atom stereocenters. The Morgan fingerprint density at radius 2 is 1.82 bits per heavy atom. The molecule has 13 heteroatoms. The van der Waals surface area contributed by atoms with Gasteiger partial charge in [-0.05, 0) is 24.6 Å². The van der Waals surface area contributed by atoms with E-state index < -0.39 is 61.5 Å². The van der Waals surface area contributed by atoms with E-state index in [1.54, 1.807) is 19.1 Å². The number of aliphatic hydroxyl groups excluding tert-OH is 4. The molecule has 2 heterocycles. The van der Waals surface area contributed by atoms with Crippen molar-refractivity contribution in [2.75, 3.05) is 20.3 Å². The lowest BCUT2D eigenvalue weighted by Gasteiger charge is -2.41. The van der Waals surface area contributed by atoms with E-state index in [-0.39, 0.29) is 36.5 Å². The molecule has 1 fully saturated rings. The Balaban J connectivity index is 1.71. The molecule has 0 aromatic heterocycles. The van der Waals surface area contributed by atoms with Crippen LogP contribution in [0.3, 0.4) is 0 Å². The molecule has 1 saturated heterocycles. The van der Waals surface area contributed by atoms with E-state index in [0.717, 1.165) is 13.4 Å². The van der Waals surface area contributed by atoms with Gasteiger partial charge >= 0.3 is 11.9 Å². The Bertz CT molecular complexity index is 1050. The Hall–Kier alpha value is -3.20. The molecule has 2 aliphatic heterocycles. The van der Waals surface area contributed by atoms with Crippen LogP contribution in [0.4, 0.5) is 0 Å². The number of carbonyl (C=O) groups excluding carboxylic acids is 2. The number of ether oxygens (including phenoxy) is 5. The van der Waals surface area contributed by atoms with E-state index in [2.05, 4.69) is 0 Å². The van der Waals surface area contributed by atoms with Gasteiger partial charge in [-0.2, -0.15) is 0 Å². The highest BCUT2D eigenvalue weighted by Gasteiger charge is 2.46. The Kier molecular flexibility index (Phi) is 10.1. The van der Waals surface area contributed by atoms with Crippen LogP contribution in [0, 0.1) is 5.92 Å². The number of carbonyl (C=O) groups is 2. The second-order valence-corrected chi connectivity index (χ2v) is 8.71. The van der Waals surface area contributed by atoms with E-state index in [1.807, 2.05) is 0 Å². The highest BCUT2D eigenvalue weighted by molar-refractivity contribution is 5.90. The van der Waals surface area contributed by atoms with Gasteiger partial charge in [-0.15, -0.1) is 0 Å². The molecule has 0 saturated carbocycles. The molecule has 0 aliphatic carbocycles. The molecule has 1 aromatic rings. The number of allylic oxidation sites excluding steroid dienone is 1. The highest BCUT2D eigenvalue weighted by Crippen LogP contribution is 2.36. The van der Waals surface area contributed by atoms with Crippen molar-refractivity contribution in [3.63, 3.8) is 0 Å². The van der Waals surface area contributed by atoms with E-state index in [1.165, 1.54) is 12.1 Å². The molecule has 3 rings (SSSR count). The van der Waals surface area contributed by atoms with Gasteiger partial charge in [0.1, 0.15) is 24.4 Å². The number of hydrogen-bond donors (Lipinski definition) is 6. The summed E-state index contributed by atoms with van der Waals surface area (Å²) in [4.78, 5) is 25.1. The number of phenolic OH excluding ortho intramolecular Hbond substituents is 2. The van der Waals surface area contributed by atoms with Crippen molar-refractivity contribution in [2.45, 2.75) is 56.8 Å². The molecule has 7 atom stereocenters. The standard InChI is InChI=1S/C25H32O13/c1-3-13-14(9-19(29)35-7-6-12-4-5-16(27)17(28)8-12)15(23(33)34-2)11-36-24(13)38-25-22(32)21(31)20(30)18(10-26)37-25/h3-5,8,11,14,18,20-22,24-28,30-32H,6-7,9-10H2,1-2H3/b13-3+/t14-,18-,20-,21+,22-,24+,25+/m1/s1. The Morgan fingerprint density at radius 1 is 1.08 bits per heavy atom. The number of aliphatic hydroxyl groups is 4. The third-order valence-electron chi connectivity index (χ3n) is 6.29. The van der Waals surface area contributed by atoms with Gasteiger partial charge in [0, 0.05) is 17.9 Å². The predicted octanol–water partition coefficient (Wildman–Crippen LogP) is -0.634.